The first-order chi connectivity index (χ1) is 8.10. The van der Waals surface area contributed by atoms with E-state index in [0.717, 1.165) is 6.26 Å². The van der Waals surface area contributed by atoms with Crippen LogP contribution in [0.15, 0.2) is 24.3 Å². The van der Waals surface area contributed by atoms with Crippen molar-refractivity contribution in [2.24, 2.45) is 11.7 Å². The molecule has 18 heavy (non-hydrogen) atoms. The Labute approximate surface area is 108 Å². The van der Waals surface area contributed by atoms with Crippen molar-refractivity contribution in [1.82, 2.24) is 0 Å². The van der Waals surface area contributed by atoms with Gasteiger partial charge in [-0.25, -0.2) is 8.42 Å². The SMILES string of the molecule is CC(C)CC(N)(O)c1ccc(NS(C)(=O)=O)cc1. The summed E-state index contributed by atoms with van der Waals surface area (Å²) in [7, 11) is -3.29. The Morgan fingerprint density at radius 1 is 1.33 bits per heavy atom. The Balaban J connectivity index is 2.89. The Kier molecular flexibility index (Phi) is 4.37. The predicted molar refractivity (Wildman–Crippen MR) is 72.4 cm³/mol. The number of hydrogen-bond acceptors (Lipinski definition) is 4. The van der Waals surface area contributed by atoms with Crippen LogP contribution in [0, 0.1) is 5.92 Å². The lowest BCUT2D eigenvalue weighted by molar-refractivity contribution is 0.0218. The molecule has 0 bridgehead atoms. The molecule has 6 heteroatoms. The number of sulfonamides is 1. The van der Waals surface area contributed by atoms with E-state index in [1.54, 1.807) is 24.3 Å². The molecule has 0 aliphatic rings. The second-order valence-corrected chi connectivity index (χ2v) is 6.72. The second-order valence-electron chi connectivity index (χ2n) is 4.97. The zero-order chi connectivity index (χ0) is 14.0. The van der Waals surface area contributed by atoms with E-state index in [-0.39, 0.29) is 5.92 Å². The number of hydrogen-bond donors (Lipinski definition) is 3. The molecule has 0 fully saturated rings. The van der Waals surface area contributed by atoms with E-state index in [1.165, 1.54) is 0 Å². The normalized spacial score (nSPS) is 15.4. The minimum Gasteiger partial charge on any atom is -0.372 e. The van der Waals surface area contributed by atoms with Gasteiger partial charge in [0.25, 0.3) is 0 Å². The van der Waals surface area contributed by atoms with Crippen molar-refractivity contribution in [2.45, 2.75) is 26.0 Å². The smallest absolute Gasteiger partial charge is 0.229 e. The lowest BCUT2D eigenvalue weighted by atomic mass is 9.94. The number of nitrogens with one attached hydrogen (secondary N) is 1. The van der Waals surface area contributed by atoms with Crippen molar-refractivity contribution in [1.29, 1.82) is 0 Å². The maximum absolute atomic E-state index is 11.0. The van der Waals surface area contributed by atoms with E-state index in [0.29, 0.717) is 17.7 Å². The highest BCUT2D eigenvalue weighted by Crippen LogP contribution is 2.24. The maximum Gasteiger partial charge on any atom is 0.229 e. The van der Waals surface area contributed by atoms with E-state index >= 15 is 0 Å². The standard InChI is InChI=1S/C12H20N2O3S/c1-9(2)8-12(13,15)10-4-6-11(7-5-10)14-18(3,16)17/h4-7,9,14-15H,8,13H2,1-3H3. The maximum atomic E-state index is 11.0. The first kappa shape index (κ1) is 14.9. The first-order valence-corrected chi connectivity index (χ1v) is 7.59. The molecule has 1 aromatic carbocycles. The van der Waals surface area contributed by atoms with E-state index < -0.39 is 15.7 Å². The van der Waals surface area contributed by atoms with Crippen molar-refractivity contribution >= 4 is 15.7 Å². The van der Waals surface area contributed by atoms with Crippen molar-refractivity contribution in [3.63, 3.8) is 0 Å². The highest BCUT2D eigenvalue weighted by atomic mass is 32.2. The van der Waals surface area contributed by atoms with Crippen molar-refractivity contribution < 1.29 is 13.5 Å². The van der Waals surface area contributed by atoms with Crippen LogP contribution in [-0.4, -0.2) is 19.8 Å². The van der Waals surface area contributed by atoms with Crippen molar-refractivity contribution in [2.75, 3.05) is 11.0 Å². The fourth-order valence-electron chi connectivity index (χ4n) is 1.78. The molecule has 0 saturated carbocycles. The molecule has 1 aromatic rings. The lowest BCUT2D eigenvalue weighted by Crippen LogP contribution is -2.37. The summed E-state index contributed by atoms with van der Waals surface area (Å²) in [5.74, 6) is 0.258. The van der Waals surface area contributed by atoms with Crippen LogP contribution in [0.3, 0.4) is 0 Å². The van der Waals surface area contributed by atoms with Gasteiger partial charge in [-0.05, 0) is 30.0 Å². The Morgan fingerprint density at radius 3 is 2.22 bits per heavy atom. The van der Waals surface area contributed by atoms with Gasteiger partial charge in [0, 0.05) is 5.69 Å². The molecular formula is C12H20N2O3S. The molecule has 1 atom stereocenters. The molecule has 0 aliphatic heterocycles. The van der Waals surface area contributed by atoms with Crippen LogP contribution < -0.4 is 10.5 Å². The Morgan fingerprint density at radius 2 is 1.83 bits per heavy atom. The molecule has 0 spiro atoms. The molecule has 0 aliphatic carbocycles. The van der Waals surface area contributed by atoms with Crippen LogP contribution in [0.2, 0.25) is 0 Å². The molecule has 0 heterocycles. The third-order valence-electron chi connectivity index (χ3n) is 2.41. The van der Waals surface area contributed by atoms with E-state index in [2.05, 4.69) is 4.72 Å². The fraction of sp³-hybridized carbons (Fsp3) is 0.500. The van der Waals surface area contributed by atoms with E-state index in [9.17, 15) is 13.5 Å². The van der Waals surface area contributed by atoms with Crippen LogP contribution in [0.4, 0.5) is 5.69 Å². The minimum atomic E-state index is -3.29. The van der Waals surface area contributed by atoms with Gasteiger partial charge >= 0.3 is 0 Å². The molecule has 0 amide bonds. The largest absolute Gasteiger partial charge is 0.372 e. The third kappa shape index (κ3) is 4.64. The summed E-state index contributed by atoms with van der Waals surface area (Å²) in [6, 6.07) is 6.40. The minimum absolute atomic E-state index is 0.258. The quantitative estimate of drug-likeness (QED) is 0.702. The zero-order valence-corrected chi connectivity index (χ0v) is 11.7. The first-order valence-electron chi connectivity index (χ1n) is 5.70. The van der Waals surface area contributed by atoms with Gasteiger partial charge in [0.1, 0.15) is 5.72 Å². The number of anilines is 1. The summed E-state index contributed by atoms with van der Waals surface area (Å²) >= 11 is 0. The van der Waals surface area contributed by atoms with Crippen LogP contribution in [0.25, 0.3) is 0 Å². The average molecular weight is 272 g/mol. The third-order valence-corrected chi connectivity index (χ3v) is 3.01. The molecule has 1 rings (SSSR count). The predicted octanol–water partition coefficient (Wildman–Crippen LogP) is 1.21. The van der Waals surface area contributed by atoms with Gasteiger partial charge in [0.05, 0.1) is 6.26 Å². The van der Waals surface area contributed by atoms with E-state index in [4.69, 9.17) is 5.73 Å². The molecule has 0 radical (unpaired) electrons. The summed E-state index contributed by atoms with van der Waals surface area (Å²) in [6.45, 7) is 3.94. The van der Waals surface area contributed by atoms with Crippen LogP contribution in [0.5, 0.6) is 0 Å². The summed E-state index contributed by atoms with van der Waals surface area (Å²) in [5.41, 5.74) is 5.45. The monoisotopic (exact) mass is 272 g/mol. The highest BCUT2D eigenvalue weighted by molar-refractivity contribution is 7.92. The summed E-state index contributed by atoms with van der Waals surface area (Å²) in [5, 5.41) is 10.1. The zero-order valence-electron chi connectivity index (χ0n) is 10.8. The lowest BCUT2D eigenvalue weighted by Gasteiger charge is -2.25. The molecule has 102 valence electrons. The second kappa shape index (κ2) is 5.26. The van der Waals surface area contributed by atoms with Crippen molar-refractivity contribution in [3.05, 3.63) is 29.8 Å². The van der Waals surface area contributed by atoms with Crippen LogP contribution in [0.1, 0.15) is 25.8 Å². The topological polar surface area (TPSA) is 92.4 Å². The molecular weight excluding hydrogens is 252 g/mol. The number of benzene rings is 1. The van der Waals surface area contributed by atoms with E-state index in [1.807, 2.05) is 13.8 Å². The van der Waals surface area contributed by atoms with Gasteiger partial charge in [-0.1, -0.05) is 26.0 Å². The van der Waals surface area contributed by atoms with Gasteiger partial charge in [-0.3, -0.25) is 10.5 Å². The summed E-state index contributed by atoms with van der Waals surface area (Å²) < 4.78 is 24.4. The van der Waals surface area contributed by atoms with Gasteiger partial charge < -0.3 is 5.11 Å². The average Bonchev–Trinajstić information content (AvgIpc) is 2.13. The number of rotatable bonds is 5. The highest BCUT2D eigenvalue weighted by Gasteiger charge is 2.24. The summed E-state index contributed by atoms with van der Waals surface area (Å²) in [6.07, 6.45) is 1.52. The fourth-order valence-corrected chi connectivity index (χ4v) is 2.35. The van der Waals surface area contributed by atoms with Gasteiger partial charge in [0.15, 0.2) is 0 Å². The van der Waals surface area contributed by atoms with Crippen LogP contribution >= 0.6 is 0 Å². The van der Waals surface area contributed by atoms with Crippen LogP contribution in [-0.2, 0) is 15.7 Å². The number of nitrogens with two attached hydrogens (primary N) is 1. The molecule has 4 N–H and O–H groups in total. The van der Waals surface area contributed by atoms with Crippen molar-refractivity contribution in [3.8, 4) is 0 Å². The van der Waals surface area contributed by atoms with Gasteiger partial charge in [0.2, 0.25) is 10.0 Å². The van der Waals surface area contributed by atoms with Gasteiger partial charge in [-0.2, -0.15) is 0 Å². The molecule has 0 saturated heterocycles. The number of aliphatic hydroxyl groups is 1. The summed E-state index contributed by atoms with van der Waals surface area (Å²) in [4.78, 5) is 0. The Bertz CT molecular complexity index is 493. The Hall–Kier alpha value is -1.11. The molecule has 1 unspecified atom stereocenters. The van der Waals surface area contributed by atoms with Gasteiger partial charge in [-0.15, -0.1) is 0 Å². The molecule has 5 nitrogen and oxygen atoms in total. The molecule has 0 aromatic heterocycles.